The number of aryl methyl sites for hydroxylation is 1. The molecule has 2 aromatic rings. The number of benzene rings is 1. The maximum absolute atomic E-state index is 12.7. The molecule has 0 aliphatic heterocycles. The largest absolute Gasteiger partial charge is 0.481 e. The Morgan fingerprint density at radius 3 is 2.28 bits per heavy atom. The van der Waals surface area contributed by atoms with Gasteiger partial charge in [0.15, 0.2) is 0 Å². The maximum atomic E-state index is 12.7. The molecule has 1 atom stereocenters. The molecule has 1 aromatic heterocycles. The number of hydrogen-bond donors (Lipinski definition) is 2. The number of nitrogens with one attached hydrogen (secondary N) is 1. The molecule has 0 saturated carbocycles. The Bertz CT molecular complexity index is 805. The minimum absolute atomic E-state index is 0.0121. The molecule has 9 heteroatoms. The van der Waals surface area contributed by atoms with Crippen LogP contribution in [0.5, 0.6) is 0 Å². The van der Waals surface area contributed by atoms with Gasteiger partial charge in [-0.3, -0.25) is 9.59 Å². The Balaban J connectivity index is 2.20. The van der Waals surface area contributed by atoms with Crippen molar-refractivity contribution in [3.8, 4) is 0 Å². The number of hydrogen-bond acceptors (Lipinski definition) is 4. The highest BCUT2D eigenvalue weighted by Gasteiger charge is 2.35. The average molecular weight is 353 g/mol. The van der Waals surface area contributed by atoms with Crippen molar-refractivity contribution in [2.24, 2.45) is 0 Å². The van der Waals surface area contributed by atoms with Gasteiger partial charge in [0.05, 0.1) is 5.92 Å². The summed E-state index contributed by atoms with van der Waals surface area (Å²) in [6, 6.07) is 7.10. The second-order valence-electron chi connectivity index (χ2n) is 5.35. The highest BCUT2D eigenvalue weighted by Crippen LogP contribution is 2.26. The van der Waals surface area contributed by atoms with Crippen LogP contribution in [-0.4, -0.2) is 27.0 Å². The van der Waals surface area contributed by atoms with Crippen molar-refractivity contribution in [1.82, 2.24) is 9.97 Å². The molecule has 1 unspecified atom stereocenters. The lowest BCUT2D eigenvalue weighted by Crippen LogP contribution is -2.19. The normalized spacial score (nSPS) is 12.5. The molecule has 0 aliphatic carbocycles. The van der Waals surface area contributed by atoms with Crippen molar-refractivity contribution in [2.75, 3.05) is 5.32 Å². The molecule has 1 aromatic carbocycles. The fourth-order valence-electron chi connectivity index (χ4n) is 2.00. The zero-order chi connectivity index (χ0) is 18.8. The summed E-state index contributed by atoms with van der Waals surface area (Å²) < 4.78 is 38.2. The molecule has 6 nitrogen and oxygen atoms in total. The first kappa shape index (κ1) is 18.4. The summed E-state index contributed by atoms with van der Waals surface area (Å²) >= 11 is 0. The van der Waals surface area contributed by atoms with Crippen LogP contribution in [0.1, 0.15) is 40.4 Å². The van der Waals surface area contributed by atoms with Crippen LogP contribution in [0.3, 0.4) is 0 Å². The van der Waals surface area contributed by atoms with E-state index in [2.05, 4.69) is 15.3 Å². The molecule has 0 spiro atoms. The Hall–Kier alpha value is -2.97. The maximum Gasteiger partial charge on any atom is 0.451 e. The molecule has 0 radical (unpaired) electrons. The van der Waals surface area contributed by atoms with Gasteiger partial charge in [0.25, 0.3) is 5.91 Å². The van der Waals surface area contributed by atoms with Crippen molar-refractivity contribution in [2.45, 2.75) is 25.9 Å². The molecule has 0 saturated heterocycles. The van der Waals surface area contributed by atoms with Gasteiger partial charge in [-0.15, -0.1) is 0 Å². The first-order valence-electron chi connectivity index (χ1n) is 7.15. The molecule has 2 N–H and O–H groups in total. The standard InChI is InChI=1S/C16H14F3N3O3/c1-8-7-12(22-15(20-8)16(17,18)19)13(23)21-11-5-3-10(4-6-11)9(2)14(24)25/h3-7,9H,1-2H3,(H,21,23)(H,24,25). The first-order chi connectivity index (χ1) is 11.6. The predicted octanol–water partition coefficient (Wildman–Crippen LogP) is 3.24. The Labute approximate surface area is 140 Å². The van der Waals surface area contributed by atoms with Crippen molar-refractivity contribution in [1.29, 1.82) is 0 Å². The van der Waals surface area contributed by atoms with Gasteiger partial charge in [-0.1, -0.05) is 12.1 Å². The molecule has 0 aliphatic rings. The topological polar surface area (TPSA) is 92.2 Å². The zero-order valence-electron chi connectivity index (χ0n) is 13.3. The van der Waals surface area contributed by atoms with Gasteiger partial charge in [-0.2, -0.15) is 13.2 Å². The van der Waals surface area contributed by atoms with Crippen molar-refractivity contribution < 1.29 is 27.9 Å². The predicted molar refractivity (Wildman–Crippen MR) is 82.2 cm³/mol. The Morgan fingerprint density at radius 1 is 1.16 bits per heavy atom. The van der Waals surface area contributed by atoms with E-state index in [-0.39, 0.29) is 5.69 Å². The SMILES string of the molecule is Cc1cc(C(=O)Nc2ccc(C(C)C(=O)O)cc2)nc(C(F)(F)F)n1. The summed E-state index contributed by atoms with van der Waals surface area (Å²) in [4.78, 5) is 29.5. The lowest BCUT2D eigenvalue weighted by atomic mass is 10.0. The second-order valence-corrected chi connectivity index (χ2v) is 5.35. The highest BCUT2D eigenvalue weighted by molar-refractivity contribution is 6.02. The lowest BCUT2D eigenvalue weighted by Gasteiger charge is -2.10. The summed E-state index contributed by atoms with van der Waals surface area (Å²) in [5.41, 5.74) is 0.430. The van der Waals surface area contributed by atoms with E-state index in [0.29, 0.717) is 11.3 Å². The third kappa shape index (κ3) is 4.52. The van der Waals surface area contributed by atoms with Crippen LogP contribution in [0.25, 0.3) is 0 Å². The van der Waals surface area contributed by atoms with Crippen LogP contribution in [-0.2, 0) is 11.0 Å². The number of carbonyl (C=O) groups excluding carboxylic acids is 1. The van der Waals surface area contributed by atoms with Crippen LogP contribution in [0, 0.1) is 6.92 Å². The van der Waals surface area contributed by atoms with Crippen LogP contribution in [0.2, 0.25) is 0 Å². The van der Waals surface area contributed by atoms with Crippen molar-refractivity contribution in [3.63, 3.8) is 0 Å². The minimum Gasteiger partial charge on any atom is -0.481 e. The first-order valence-corrected chi connectivity index (χ1v) is 7.15. The number of carboxylic acids is 1. The number of nitrogens with zero attached hydrogens (tertiary/aromatic N) is 2. The molecule has 0 bridgehead atoms. The van der Waals surface area contributed by atoms with E-state index in [1.807, 2.05) is 0 Å². The van der Waals surface area contributed by atoms with Gasteiger partial charge in [-0.25, -0.2) is 9.97 Å². The van der Waals surface area contributed by atoms with Crippen LogP contribution in [0.15, 0.2) is 30.3 Å². The third-order valence-corrected chi connectivity index (χ3v) is 3.38. The van der Waals surface area contributed by atoms with Gasteiger partial charge in [0.2, 0.25) is 5.82 Å². The second kappa shape index (κ2) is 6.88. The molecular formula is C16H14F3N3O3. The zero-order valence-corrected chi connectivity index (χ0v) is 13.3. The van der Waals surface area contributed by atoms with Crippen LogP contribution in [0.4, 0.5) is 18.9 Å². The smallest absolute Gasteiger partial charge is 0.451 e. The number of anilines is 1. The molecule has 2 rings (SSSR count). The summed E-state index contributed by atoms with van der Waals surface area (Å²) in [5, 5.41) is 11.4. The number of aromatic nitrogens is 2. The van der Waals surface area contributed by atoms with E-state index < -0.39 is 35.5 Å². The molecule has 1 heterocycles. The number of carbonyl (C=O) groups is 2. The fraction of sp³-hybridized carbons (Fsp3) is 0.250. The van der Waals surface area contributed by atoms with Crippen LogP contribution >= 0.6 is 0 Å². The molecular weight excluding hydrogens is 339 g/mol. The van der Waals surface area contributed by atoms with Crippen LogP contribution < -0.4 is 5.32 Å². The van der Waals surface area contributed by atoms with E-state index >= 15 is 0 Å². The molecule has 25 heavy (non-hydrogen) atoms. The van der Waals surface area contributed by atoms with Gasteiger partial charge >= 0.3 is 12.1 Å². The van der Waals surface area contributed by atoms with Gasteiger partial charge < -0.3 is 10.4 Å². The lowest BCUT2D eigenvalue weighted by molar-refractivity contribution is -0.145. The summed E-state index contributed by atoms with van der Waals surface area (Å²) in [5.74, 6) is -3.92. The summed E-state index contributed by atoms with van der Waals surface area (Å²) in [6.45, 7) is 2.84. The molecule has 0 fully saturated rings. The quantitative estimate of drug-likeness (QED) is 0.880. The Kier molecular flexibility index (Phi) is 5.05. The number of amides is 1. The van der Waals surface area contributed by atoms with E-state index in [1.54, 1.807) is 0 Å². The highest BCUT2D eigenvalue weighted by atomic mass is 19.4. The van der Waals surface area contributed by atoms with Crippen molar-refractivity contribution in [3.05, 3.63) is 53.1 Å². The van der Waals surface area contributed by atoms with Gasteiger partial charge in [0.1, 0.15) is 5.69 Å². The number of carboxylic acid groups (broad SMARTS) is 1. The Morgan fingerprint density at radius 2 is 1.76 bits per heavy atom. The van der Waals surface area contributed by atoms with E-state index in [0.717, 1.165) is 6.07 Å². The monoisotopic (exact) mass is 353 g/mol. The third-order valence-electron chi connectivity index (χ3n) is 3.38. The molecule has 132 valence electrons. The number of alkyl halides is 3. The number of halogens is 3. The van der Waals surface area contributed by atoms with E-state index in [1.165, 1.54) is 38.1 Å². The minimum atomic E-state index is -4.75. The van der Waals surface area contributed by atoms with E-state index in [9.17, 15) is 22.8 Å². The fourth-order valence-corrected chi connectivity index (χ4v) is 2.00. The van der Waals surface area contributed by atoms with Crippen molar-refractivity contribution >= 4 is 17.6 Å². The summed E-state index contributed by atoms with van der Waals surface area (Å²) in [6.07, 6.45) is -4.75. The number of rotatable bonds is 4. The van der Waals surface area contributed by atoms with E-state index in [4.69, 9.17) is 5.11 Å². The average Bonchev–Trinajstić information content (AvgIpc) is 2.53. The van der Waals surface area contributed by atoms with Gasteiger partial charge in [-0.05, 0) is 37.6 Å². The molecule has 1 amide bonds. The van der Waals surface area contributed by atoms with Gasteiger partial charge in [0, 0.05) is 11.4 Å². The summed E-state index contributed by atoms with van der Waals surface area (Å²) in [7, 11) is 0. The number of aliphatic carboxylic acids is 1.